The molecule has 2 rings (SSSR count). The minimum absolute atomic E-state index is 0.354. The van der Waals surface area contributed by atoms with Gasteiger partial charge in [-0.3, -0.25) is 4.79 Å². The van der Waals surface area contributed by atoms with Crippen molar-refractivity contribution in [3.8, 4) is 0 Å². The maximum Gasteiger partial charge on any atom is 0.338 e. The van der Waals surface area contributed by atoms with Crippen molar-refractivity contribution in [3.63, 3.8) is 0 Å². The standard InChI is InChI=1S/C18H18INO3/c1-3-13-4-10-16(11-5-13)20-17(21)12(2)23-18(22)14-6-8-15(19)9-7-14/h4-12H,3H2,1-2H3,(H,20,21). The molecule has 23 heavy (non-hydrogen) atoms. The van der Waals surface area contributed by atoms with Crippen molar-refractivity contribution in [2.45, 2.75) is 26.4 Å². The number of anilines is 1. The summed E-state index contributed by atoms with van der Waals surface area (Å²) in [5.41, 5.74) is 2.31. The van der Waals surface area contributed by atoms with Crippen LogP contribution in [-0.2, 0) is 16.0 Å². The third-order valence-corrected chi connectivity index (χ3v) is 4.08. The molecule has 0 radical (unpaired) electrons. The van der Waals surface area contributed by atoms with Crippen LogP contribution in [0.1, 0.15) is 29.8 Å². The maximum atomic E-state index is 12.1. The Hall–Kier alpha value is -1.89. The zero-order chi connectivity index (χ0) is 16.8. The third-order valence-electron chi connectivity index (χ3n) is 3.36. The van der Waals surface area contributed by atoms with Crippen LogP contribution in [0.4, 0.5) is 5.69 Å². The van der Waals surface area contributed by atoms with Crippen molar-refractivity contribution in [2.24, 2.45) is 0 Å². The smallest absolute Gasteiger partial charge is 0.338 e. The van der Waals surface area contributed by atoms with Crippen LogP contribution in [0.25, 0.3) is 0 Å². The number of aryl methyl sites for hydroxylation is 1. The van der Waals surface area contributed by atoms with E-state index in [0.29, 0.717) is 11.3 Å². The molecule has 2 aromatic carbocycles. The van der Waals surface area contributed by atoms with Crippen LogP contribution in [0.2, 0.25) is 0 Å². The number of carbonyl (C=O) groups is 2. The van der Waals surface area contributed by atoms with Crippen LogP contribution in [0, 0.1) is 3.57 Å². The Morgan fingerprint density at radius 2 is 1.70 bits per heavy atom. The molecule has 0 aliphatic rings. The van der Waals surface area contributed by atoms with E-state index in [-0.39, 0.29) is 5.91 Å². The summed E-state index contributed by atoms with van der Waals surface area (Å²) < 4.78 is 6.23. The fraction of sp³-hybridized carbons (Fsp3) is 0.222. The number of hydrogen-bond donors (Lipinski definition) is 1. The van der Waals surface area contributed by atoms with Crippen molar-refractivity contribution in [3.05, 3.63) is 63.2 Å². The summed E-state index contributed by atoms with van der Waals surface area (Å²) in [7, 11) is 0. The number of amides is 1. The van der Waals surface area contributed by atoms with Crippen LogP contribution in [0.5, 0.6) is 0 Å². The van der Waals surface area contributed by atoms with Crippen molar-refractivity contribution in [1.29, 1.82) is 0 Å². The first-order valence-electron chi connectivity index (χ1n) is 7.36. The Morgan fingerprint density at radius 3 is 2.26 bits per heavy atom. The highest BCUT2D eigenvalue weighted by Crippen LogP contribution is 2.12. The van der Waals surface area contributed by atoms with Crippen molar-refractivity contribution < 1.29 is 14.3 Å². The molecular weight excluding hydrogens is 405 g/mol. The highest BCUT2D eigenvalue weighted by atomic mass is 127. The van der Waals surface area contributed by atoms with Gasteiger partial charge in [0.05, 0.1) is 5.56 Å². The first-order chi connectivity index (χ1) is 11.0. The largest absolute Gasteiger partial charge is 0.449 e. The molecule has 0 aromatic heterocycles. The molecule has 1 atom stereocenters. The molecule has 0 saturated carbocycles. The van der Waals surface area contributed by atoms with E-state index in [1.54, 1.807) is 19.1 Å². The molecule has 0 aliphatic carbocycles. The van der Waals surface area contributed by atoms with Gasteiger partial charge in [0.1, 0.15) is 0 Å². The topological polar surface area (TPSA) is 55.4 Å². The lowest BCUT2D eigenvalue weighted by Gasteiger charge is -2.14. The number of nitrogens with one attached hydrogen (secondary N) is 1. The van der Waals surface area contributed by atoms with Gasteiger partial charge in [0.15, 0.2) is 6.10 Å². The van der Waals surface area contributed by atoms with Crippen molar-refractivity contribution >= 4 is 40.2 Å². The Balaban J connectivity index is 1.93. The molecule has 0 heterocycles. The van der Waals surface area contributed by atoms with E-state index in [2.05, 4.69) is 34.8 Å². The molecule has 0 saturated heterocycles. The van der Waals surface area contributed by atoms with Crippen LogP contribution < -0.4 is 5.32 Å². The van der Waals surface area contributed by atoms with Crippen LogP contribution in [0.15, 0.2) is 48.5 Å². The maximum absolute atomic E-state index is 12.1. The van der Waals surface area contributed by atoms with Crippen molar-refractivity contribution in [1.82, 2.24) is 0 Å². The number of carbonyl (C=O) groups excluding carboxylic acids is 2. The average Bonchev–Trinajstić information content (AvgIpc) is 2.56. The minimum atomic E-state index is -0.868. The molecule has 0 bridgehead atoms. The number of esters is 1. The lowest BCUT2D eigenvalue weighted by atomic mass is 10.1. The lowest BCUT2D eigenvalue weighted by molar-refractivity contribution is -0.123. The molecule has 1 amide bonds. The summed E-state index contributed by atoms with van der Waals surface area (Å²) in [6.45, 7) is 3.63. The van der Waals surface area contributed by atoms with Gasteiger partial charge >= 0.3 is 5.97 Å². The predicted octanol–water partition coefficient (Wildman–Crippen LogP) is 4.04. The van der Waals surface area contributed by atoms with E-state index in [4.69, 9.17) is 4.74 Å². The molecule has 1 N–H and O–H groups in total. The van der Waals surface area contributed by atoms with Gasteiger partial charge in [0.2, 0.25) is 0 Å². The van der Waals surface area contributed by atoms with Crippen LogP contribution in [0.3, 0.4) is 0 Å². The van der Waals surface area contributed by atoms with Gasteiger partial charge in [-0.2, -0.15) is 0 Å². The highest BCUT2D eigenvalue weighted by molar-refractivity contribution is 14.1. The molecule has 5 heteroatoms. The van der Waals surface area contributed by atoms with Gasteiger partial charge in [0.25, 0.3) is 5.91 Å². The zero-order valence-corrected chi connectivity index (χ0v) is 15.2. The van der Waals surface area contributed by atoms with E-state index in [9.17, 15) is 9.59 Å². The molecule has 120 valence electrons. The lowest BCUT2D eigenvalue weighted by Crippen LogP contribution is -2.30. The monoisotopic (exact) mass is 423 g/mol. The Bertz CT molecular complexity index is 680. The summed E-state index contributed by atoms with van der Waals surface area (Å²) in [6.07, 6.45) is 0.0748. The van der Waals surface area contributed by atoms with Gasteiger partial charge in [-0.25, -0.2) is 4.79 Å². The highest BCUT2D eigenvalue weighted by Gasteiger charge is 2.19. The summed E-state index contributed by atoms with van der Waals surface area (Å²) >= 11 is 2.16. The normalized spacial score (nSPS) is 11.6. The minimum Gasteiger partial charge on any atom is -0.449 e. The Morgan fingerprint density at radius 1 is 1.09 bits per heavy atom. The van der Waals surface area contributed by atoms with Crippen molar-refractivity contribution in [2.75, 3.05) is 5.32 Å². The second-order valence-electron chi connectivity index (χ2n) is 5.09. The molecular formula is C18H18INO3. The molecule has 1 unspecified atom stereocenters. The summed E-state index contributed by atoms with van der Waals surface area (Å²) in [4.78, 5) is 24.1. The average molecular weight is 423 g/mol. The van der Waals surface area contributed by atoms with E-state index >= 15 is 0 Å². The molecule has 0 aliphatic heterocycles. The van der Waals surface area contributed by atoms with Gasteiger partial charge in [-0.1, -0.05) is 19.1 Å². The predicted molar refractivity (Wildman–Crippen MR) is 98.5 cm³/mol. The van der Waals surface area contributed by atoms with Gasteiger partial charge < -0.3 is 10.1 Å². The fourth-order valence-corrected chi connectivity index (χ4v) is 2.30. The number of rotatable bonds is 5. The van der Waals surface area contributed by atoms with Crippen LogP contribution in [-0.4, -0.2) is 18.0 Å². The summed E-state index contributed by atoms with van der Waals surface area (Å²) in [5.74, 6) is -0.863. The van der Waals surface area contributed by atoms with E-state index in [1.165, 1.54) is 5.56 Å². The van der Waals surface area contributed by atoms with E-state index in [0.717, 1.165) is 9.99 Å². The first kappa shape index (κ1) is 17.5. The second-order valence-corrected chi connectivity index (χ2v) is 6.34. The summed E-state index contributed by atoms with van der Waals surface area (Å²) in [5, 5.41) is 2.74. The third kappa shape index (κ3) is 5.06. The Kier molecular flexibility index (Phi) is 6.15. The molecule has 0 fully saturated rings. The Labute approximate surface area is 149 Å². The molecule has 2 aromatic rings. The second kappa shape index (κ2) is 8.10. The van der Waals surface area contributed by atoms with E-state index in [1.807, 2.05) is 36.4 Å². The molecule has 4 nitrogen and oxygen atoms in total. The van der Waals surface area contributed by atoms with Crippen LogP contribution >= 0.6 is 22.6 Å². The quantitative estimate of drug-likeness (QED) is 0.584. The van der Waals surface area contributed by atoms with Gasteiger partial charge in [-0.05, 0) is 77.9 Å². The van der Waals surface area contributed by atoms with E-state index < -0.39 is 12.1 Å². The van der Waals surface area contributed by atoms with Gasteiger partial charge in [0, 0.05) is 9.26 Å². The SMILES string of the molecule is CCc1ccc(NC(=O)C(C)OC(=O)c2ccc(I)cc2)cc1. The molecule has 0 spiro atoms. The number of halogens is 1. The number of benzene rings is 2. The fourth-order valence-electron chi connectivity index (χ4n) is 1.94. The zero-order valence-electron chi connectivity index (χ0n) is 13.0. The number of ether oxygens (including phenoxy) is 1. The number of hydrogen-bond acceptors (Lipinski definition) is 3. The van der Waals surface area contributed by atoms with Gasteiger partial charge in [-0.15, -0.1) is 0 Å². The first-order valence-corrected chi connectivity index (χ1v) is 8.44. The summed E-state index contributed by atoms with van der Waals surface area (Å²) in [6, 6.07) is 14.6.